The van der Waals surface area contributed by atoms with Gasteiger partial charge in [0.1, 0.15) is 6.61 Å². The molecule has 2 heterocycles. The Kier molecular flexibility index (Phi) is 11.1. The van der Waals surface area contributed by atoms with Crippen molar-refractivity contribution in [1.82, 2.24) is 9.80 Å². The van der Waals surface area contributed by atoms with Gasteiger partial charge in [-0.25, -0.2) is 4.39 Å². The quantitative estimate of drug-likeness (QED) is 0.473. The zero-order valence-corrected chi connectivity index (χ0v) is 22.9. The fraction of sp³-hybridized carbons (Fsp3) is 0.533. The number of halogens is 1. The second kappa shape index (κ2) is 15.0. The van der Waals surface area contributed by atoms with Crippen LogP contribution in [-0.2, 0) is 25.6 Å². The third-order valence-electron chi connectivity index (χ3n) is 7.39. The standard InChI is InChI=1S/C30H40FN3O5/c1-37-23-30(36)34-16-7-15-32(25-13-20-38-21-14-25)17-18-33(22-24-8-2-4-10-27(24)34)29(35)12-6-19-39-28-11-5-3-9-26(28)31/h2-5,8-11,25H,6-7,12-23H2,1H3. The molecule has 0 saturated carbocycles. The first-order chi connectivity index (χ1) is 19.1. The number of benzene rings is 2. The van der Waals surface area contributed by atoms with Crippen molar-refractivity contribution in [3.8, 4) is 5.75 Å². The Labute approximate surface area is 230 Å². The molecule has 2 amide bonds. The number of carbonyl (C=O) groups excluding carboxylic acids is 2. The lowest BCUT2D eigenvalue weighted by Gasteiger charge is -2.35. The van der Waals surface area contributed by atoms with Crippen LogP contribution in [0.25, 0.3) is 0 Å². The van der Waals surface area contributed by atoms with Gasteiger partial charge in [-0.2, -0.15) is 0 Å². The SMILES string of the molecule is COCC(=O)N1CCCN(C2CCOCC2)CCN(C(=O)CCCOc2ccccc2F)Cc2ccccc21. The summed E-state index contributed by atoms with van der Waals surface area (Å²) < 4.78 is 30.2. The molecule has 4 rings (SSSR count). The van der Waals surface area contributed by atoms with Crippen molar-refractivity contribution < 1.29 is 28.2 Å². The lowest BCUT2D eigenvalue weighted by molar-refractivity contribution is -0.132. The highest BCUT2D eigenvalue weighted by atomic mass is 19.1. The highest BCUT2D eigenvalue weighted by molar-refractivity contribution is 5.95. The summed E-state index contributed by atoms with van der Waals surface area (Å²) >= 11 is 0. The van der Waals surface area contributed by atoms with Crippen LogP contribution in [0.5, 0.6) is 5.75 Å². The average molecular weight is 542 g/mol. The number of para-hydroxylation sites is 2. The summed E-state index contributed by atoms with van der Waals surface area (Å²) in [4.78, 5) is 32.7. The Hall–Kier alpha value is -3.01. The molecule has 212 valence electrons. The van der Waals surface area contributed by atoms with Gasteiger partial charge in [0, 0.05) is 71.2 Å². The molecule has 0 radical (unpaired) electrons. The van der Waals surface area contributed by atoms with Crippen molar-refractivity contribution in [3.05, 3.63) is 59.9 Å². The van der Waals surface area contributed by atoms with E-state index in [0.29, 0.717) is 38.5 Å². The first-order valence-electron chi connectivity index (χ1n) is 13.9. The van der Waals surface area contributed by atoms with E-state index < -0.39 is 5.82 Å². The van der Waals surface area contributed by atoms with Crippen LogP contribution >= 0.6 is 0 Å². The largest absolute Gasteiger partial charge is 0.491 e. The molecule has 0 N–H and O–H groups in total. The van der Waals surface area contributed by atoms with Crippen molar-refractivity contribution in [2.45, 2.75) is 44.7 Å². The predicted molar refractivity (Wildman–Crippen MR) is 147 cm³/mol. The first-order valence-corrected chi connectivity index (χ1v) is 13.9. The molecule has 0 unspecified atom stereocenters. The summed E-state index contributed by atoms with van der Waals surface area (Å²) in [5.74, 6) is -0.289. The third kappa shape index (κ3) is 8.24. The van der Waals surface area contributed by atoms with Crippen LogP contribution in [0.15, 0.2) is 48.5 Å². The van der Waals surface area contributed by atoms with Crippen LogP contribution in [0.4, 0.5) is 10.1 Å². The second-order valence-corrected chi connectivity index (χ2v) is 10.0. The number of fused-ring (bicyclic) bond motifs is 1. The Morgan fingerprint density at radius 2 is 1.74 bits per heavy atom. The van der Waals surface area contributed by atoms with Gasteiger partial charge < -0.3 is 24.0 Å². The number of ether oxygens (including phenoxy) is 3. The molecule has 39 heavy (non-hydrogen) atoms. The Morgan fingerprint density at radius 3 is 2.54 bits per heavy atom. The number of anilines is 1. The topological polar surface area (TPSA) is 71.6 Å². The van der Waals surface area contributed by atoms with Crippen LogP contribution in [0.1, 0.15) is 37.7 Å². The summed E-state index contributed by atoms with van der Waals surface area (Å²) in [5.41, 5.74) is 1.75. The van der Waals surface area contributed by atoms with E-state index in [0.717, 1.165) is 56.8 Å². The molecule has 2 aliphatic heterocycles. The molecule has 0 bridgehead atoms. The van der Waals surface area contributed by atoms with Gasteiger partial charge in [0.05, 0.1) is 6.61 Å². The lowest BCUT2D eigenvalue weighted by Crippen LogP contribution is -2.45. The van der Waals surface area contributed by atoms with E-state index in [-0.39, 0.29) is 30.8 Å². The van der Waals surface area contributed by atoms with E-state index in [1.54, 1.807) is 23.1 Å². The minimum absolute atomic E-state index is 0.00264. The first kappa shape index (κ1) is 29.0. The van der Waals surface area contributed by atoms with Gasteiger partial charge in [0.2, 0.25) is 5.91 Å². The number of hydrogen-bond donors (Lipinski definition) is 0. The summed E-state index contributed by atoms with van der Waals surface area (Å²) in [7, 11) is 1.53. The molecule has 2 aromatic rings. The normalized spacial score (nSPS) is 17.8. The number of methoxy groups -OCH3 is 1. The number of nitrogens with zero attached hydrogens (tertiary/aromatic N) is 3. The summed E-state index contributed by atoms with van der Waals surface area (Å²) in [6, 6.07) is 14.5. The number of rotatable bonds is 8. The van der Waals surface area contributed by atoms with Crippen molar-refractivity contribution in [2.24, 2.45) is 0 Å². The number of amides is 2. The smallest absolute Gasteiger partial charge is 0.252 e. The molecule has 0 aromatic heterocycles. The van der Waals surface area contributed by atoms with Gasteiger partial charge in [0.15, 0.2) is 11.6 Å². The number of hydrogen-bond acceptors (Lipinski definition) is 6. The minimum Gasteiger partial charge on any atom is -0.491 e. The zero-order valence-electron chi connectivity index (χ0n) is 22.9. The maximum atomic E-state index is 13.9. The Balaban J connectivity index is 1.50. The van der Waals surface area contributed by atoms with Crippen LogP contribution in [-0.4, -0.2) is 87.4 Å². The van der Waals surface area contributed by atoms with Gasteiger partial charge in [-0.1, -0.05) is 30.3 Å². The lowest BCUT2D eigenvalue weighted by atomic mass is 10.1. The van der Waals surface area contributed by atoms with E-state index in [2.05, 4.69) is 4.90 Å². The summed E-state index contributed by atoms with van der Waals surface area (Å²) in [5, 5.41) is 0. The molecule has 8 nitrogen and oxygen atoms in total. The number of carbonyl (C=O) groups is 2. The predicted octanol–water partition coefficient (Wildman–Crippen LogP) is 3.88. The Morgan fingerprint density at radius 1 is 0.974 bits per heavy atom. The summed E-state index contributed by atoms with van der Waals surface area (Å²) in [6.45, 7) is 4.92. The van der Waals surface area contributed by atoms with E-state index in [9.17, 15) is 14.0 Å². The van der Waals surface area contributed by atoms with Crippen LogP contribution in [0, 0.1) is 5.82 Å². The Bertz CT molecular complexity index is 1080. The zero-order chi connectivity index (χ0) is 27.5. The summed E-state index contributed by atoms with van der Waals surface area (Å²) in [6.07, 6.45) is 3.53. The fourth-order valence-corrected chi connectivity index (χ4v) is 5.32. The molecule has 2 aliphatic rings. The van der Waals surface area contributed by atoms with Gasteiger partial charge in [0.25, 0.3) is 5.91 Å². The molecule has 1 saturated heterocycles. The van der Waals surface area contributed by atoms with Crippen molar-refractivity contribution in [2.75, 3.05) is 64.6 Å². The fourth-order valence-electron chi connectivity index (χ4n) is 5.32. The van der Waals surface area contributed by atoms with Crippen molar-refractivity contribution in [1.29, 1.82) is 0 Å². The maximum Gasteiger partial charge on any atom is 0.252 e. The minimum atomic E-state index is -0.409. The molecule has 2 aromatic carbocycles. The molecular formula is C30H40FN3O5. The van der Waals surface area contributed by atoms with Gasteiger partial charge in [-0.3, -0.25) is 14.5 Å². The monoisotopic (exact) mass is 541 g/mol. The van der Waals surface area contributed by atoms with E-state index >= 15 is 0 Å². The van der Waals surface area contributed by atoms with Crippen LogP contribution in [0.2, 0.25) is 0 Å². The molecule has 1 fully saturated rings. The molecule has 0 aliphatic carbocycles. The third-order valence-corrected chi connectivity index (χ3v) is 7.39. The van der Waals surface area contributed by atoms with Gasteiger partial charge in [-0.05, 0) is 49.4 Å². The molecule has 0 spiro atoms. The van der Waals surface area contributed by atoms with E-state index in [4.69, 9.17) is 14.2 Å². The van der Waals surface area contributed by atoms with Crippen molar-refractivity contribution >= 4 is 17.5 Å². The van der Waals surface area contributed by atoms with E-state index in [1.807, 2.05) is 29.2 Å². The van der Waals surface area contributed by atoms with Gasteiger partial charge >= 0.3 is 0 Å². The average Bonchev–Trinajstić information content (AvgIpc) is 2.99. The second-order valence-electron chi connectivity index (χ2n) is 10.0. The highest BCUT2D eigenvalue weighted by Crippen LogP contribution is 2.25. The van der Waals surface area contributed by atoms with Crippen molar-refractivity contribution in [3.63, 3.8) is 0 Å². The van der Waals surface area contributed by atoms with Gasteiger partial charge in [-0.15, -0.1) is 0 Å². The van der Waals surface area contributed by atoms with E-state index in [1.165, 1.54) is 13.2 Å². The molecular weight excluding hydrogens is 501 g/mol. The maximum absolute atomic E-state index is 13.9. The molecule has 9 heteroatoms. The molecule has 0 atom stereocenters. The van der Waals surface area contributed by atoms with Crippen LogP contribution < -0.4 is 9.64 Å². The van der Waals surface area contributed by atoms with Crippen LogP contribution in [0.3, 0.4) is 0 Å². The highest BCUT2D eigenvalue weighted by Gasteiger charge is 2.26.